The predicted octanol–water partition coefficient (Wildman–Crippen LogP) is 4.55. The smallest absolute Gasteiger partial charge is 0.305 e. The van der Waals surface area contributed by atoms with Gasteiger partial charge in [0, 0.05) is 6.54 Å². The lowest BCUT2D eigenvalue weighted by Crippen LogP contribution is -2.30. The standard InChI is InChI=1S/C21H18INO5S2/c1-27-16-10-14(9-15(22)19(16)28-12-13-5-3-2-4-6-13)11-17-20(26)23(21(29)30-17)8-7-18(24)25/h2-6,9-11H,7-8,12H2,1H3,(H,24,25)/b17-11+. The van der Waals surface area contributed by atoms with Crippen LogP contribution in [0.15, 0.2) is 47.4 Å². The van der Waals surface area contributed by atoms with Gasteiger partial charge in [-0.3, -0.25) is 14.5 Å². The third kappa shape index (κ3) is 5.52. The van der Waals surface area contributed by atoms with E-state index >= 15 is 0 Å². The summed E-state index contributed by atoms with van der Waals surface area (Å²) < 4.78 is 12.7. The maximum absolute atomic E-state index is 12.6. The third-order valence-corrected chi connectivity index (χ3v) is 6.38. The second kappa shape index (κ2) is 10.3. The summed E-state index contributed by atoms with van der Waals surface area (Å²) in [6.45, 7) is 0.471. The average molecular weight is 555 g/mol. The summed E-state index contributed by atoms with van der Waals surface area (Å²) in [5.41, 5.74) is 1.81. The highest BCUT2D eigenvalue weighted by Crippen LogP contribution is 2.37. The number of nitrogens with zero attached hydrogens (tertiary/aromatic N) is 1. The number of benzene rings is 2. The molecular weight excluding hydrogens is 537 g/mol. The van der Waals surface area contributed by atoms with Crippen molar-refractivity contribution in [2.24, 2.45) is 0 Å². The Kier molecular flexibility index (Phi) is 7.73. The molecule has 2 aromatic rings. The number of methoxy groups -OCH3 is 1. The summed E-state index contributed by atoms with van der Waals surface area (Å²) in [6, 6.07) is 13.5. The van der Waals surface area contributed by atoms with Crippen molar-refractivity contribution in [3.8, 4) is 11.5 Å². The molecule has 1 aliphatic heterocycles. The summed E-state index contributed by atoms with van der Waals surface area (Å²) >= 11 is 8.56. The highest BCUT2D eigenvalue weighted by Gasteiger charge is 2.32. The van der Waals surface area contributed by atoms with Crippen molar-refractivity contribution in [1.82, 2.24) is 4.90 Å². The Hall–Kier alpha value is -2.11. The van der Waals surface area contributed by atoms with Gasteiger partial charge >= 0.3 is 5.97 Å². The van der Waals surface area contributed by atoms with Crippen LogP contribution in [-0.2, 0) is 16.2 Å². The van der Waals surface area contributed by atoms with Crippen LogP contribution >= 0.6 is 46.6 Å². The number of halogens is 1. The molecule has 2 aromatic carbocycles. The van der Waals surface area contributed by atoms with Crippen LogP contribution in [0, 0.1) is 3.57 Å². The Morgan fingerprint density at radius 2 is 2.03 bits per heavy atom. The van der Waals surface area contributed by atoms with Crippen molar-refractivity contribution in [3.05, 3.63) is 62.1 Å². The van der Waals surface area contributed by atoms with Crippen LogP contribution in [0.4, 0.5) is 0 Å². The maximum Gasteiger partial charge on any atom is 0.305 e. The Labute approximate surface area is 197 Å². The van der Waals surface area contributed by atoms with Gasteiger partial charge in [0.1, 0.15) is 10.9 Å². The molecule has 1 saturated heterocycles. The number of ether oxygens (including phenoxy) is 2. The normalized spacial score (nSPS) is 15.0. The van der Waals surface area contributed by atoms with E-state index < -0.39 is 5.97 Å². The Bertz CT molecular complexity index is 1010. The van der Waals surface area contributed by atoms with E-state index in [0.717, 1.165) is 26.5 Å². The van der Waals surface area contributed by atoms with Gasteiger partial charge in [-0.25, -0.2) is 0 Å². The molecule has 0 spiro atoms. The summed E-state index contributed by atoms with van der Waals surface area (Å²) in [5, 5.41) is 8.85. The summed E-state index contributed by atoms with van der Waals surface area (Å²) in [6.07, 6.45) is 1.57. The fourth-order valence-corrected chi connectivity index (χ4v) is 4.83. The SMILES string of the molecule is COc1cc(/C=C2/SC(=S)N(CCC(=O)O)C2=O)cc(I)c1OCc1ccccc1. The van der Waals surface area contributed by atoms with E-state index in [-0.39, 0.29) is 18.9 Å². The highest BCUT2D eigenvalue weighted by atomic mass is 127. The lowest BCUT2D eigenvalue weighted by Gasteiger charge is -2.14. The number of aliphatic carboxylic acids is 1. The van der Waals surface area contributed by atoms with Crippen LogP contribution in [0.3, 0.4) is 0 Å². The first-order valence-corrected chi connectivity index (χ1v) is 11.2. The van der Waals surface area contributed by atoms with Gasteiger partial charge in [-0.15, -0.1) is 0 Å². The molecule has 1 aliphatic rings. The fraction of sp³-hybridized carbons (Fsp3) is 0.190. The van der Waals surface area contributed by atoms with E-state index in [1.165, 1.54) is 4.90 Å². The molecule has 156 valence electrons. The molecule has 1 fully saturated rings. The van der Waals surface area contributed by atoms with Crippen molar-refractivity contribution in [1.29, 1.82) is 0 Å². The highest BCUT2D eigenvalue weighted by molar-refractivity contribution is 14.1. The van der Waals surface area contributed by atoms with E-state index in [9.17, 15) is 9.59 Å². The minimum Gasteiger partial charge on any atom is -0.493 e. The van der Waals surface area contributed by atoms with E-state index in [1.807, 2.05) is 36.4 Å². The van der Waals surface area contributed by atoms with Gasteiger partial charge in [-0.2, -0.15) is 0 Å². The molecule has 9 heteroatoms. The second-order valence-electron chi connectivity index (χ2n) is 6.29. The second-order valence-corrected chi connectivity index (χ2v) is 9.12. The third-order valence-electron chi connectivity index (χ3n) is 4.20. The van der Waals surface area contributed by atoms with Crippen LogP contribution in [0.2, 0.25) is 0 Å². The van der Waals surface area contributed by atoms with E-state index in [0.29, 0.717) is 27.3 Å². The topological polar surface area (TPSA) is 76.1 Å². The van der Waals surface area contributed by atoms with Crippen LogP contribution in [0.1, 0.15) is 17.5 Å². The largest absolute Gasteiger partial charge is 0.493 e. The molecule has 6 nitrogen and oxygen atoms in total. The Morgan fingerprint density at radius 3 is 2.70 bits per heavy atom. The predicted molar refractivity (Wildman–Crippen MR) is 129 cm³/mol. The van der Waals surface area contributed by atoms with Crippen molar-refractivity contribution < 1.29 is 24.2 Å². The molecular formula is C21H18INO5S2. The van der Waals surface area contributed by atoms with Crippen molar-refractivity contribution in [3.63, 3.8) is 0 Å². The average Bonchev–Trinajstić information content (AvgIpc) is 2.98. The molecule has 1 N–H and O–H groups in total. The number of rotatable bonds is 8. The lowest BCUT2D eigenvalue weighted by molar-refractivity contribution is -0.137. The van der Waals surface area contributed by atoms with Crippen LogP contribution in [-0.4, -0.2) is 39.9 Å². The molecule has 0 atom stereocenters. The van der Waals surface area contributed by atoms with Gasteiger partial charge in [0.2, 0.25) is 0 Å². The molecule has 1 amide bonds. The maximum atomic E-state index is 12.6. The minimum absolute atomic E-state index is 0.0600. The van der Waals surface area contributed by atoms with Crippen molar-refractivity contribution in [2.45, 2.75) is 13.0 Å². The molecule has 0 aromatic heterocycles. The molecule has 0 saturated carbocycles. The Morgan fingerprint density at radius 1 is 1.30 bits per heavy atom. The first kappa shape index (κ1) is 22.6. The van der Waals surface area contributed by atoms with E-state index in [1.54, 1.807) is 19.3 Å². The van der Waals surface area contributed by atoms with Crippen LogP contribution in [0.5, 0.6) is 11.5 Å². The van der Waals surface area contributed by atoms with Gasteiger partial charge in [0.25, 0.3) is 5.91 Å². The first-order valence-electron chi connectivity index (χ1n) is 8.90. The van der Waals surface area contributed by atoms with Crippen molar-refractivity contribution in [2.75, 3.05) is 13.7 Å². The number of amides is 1. The van der Waals surface area contributed by atoms with Crippen LogP contribution < -0.4 is 9.47 Å². The number of thioether (sulfide) groups is 1. The number of carbonyl (C=O) groups excluding carboxylic acids is 1. The van der Waals surface area contributed by atoms with E-state index in [2.05, 4.69) is 22.6 Å². The molecule has 1 heterocycles. The zero-order valence-corrected chi connectivity index (χ0v) is 19.8. The lowest BCUT2D eigenvalue weighted by atomic mass is 10.1. The monoisotopic (exact) mass is 555 g/mol. The number of carboxylic acids is 1. The first-order chi connectivity index (χ1) is 14.4. The zero-order valence-electron chi connectivity index (χ0n) is 16.0. The number of hydrogen-bond acceptors (Lipinski definition) is 6. The number of carboxylic acid groups (broad SMARTS) is 1. The number of hydrogen-bond donors (Lipinski definition) is 1. The molecule has 30 heavy (non-hydrogen) atoms. The summed E-state index contributed by atoms with van der Waals surface area (Å²) in [5.74, 6) is -0.0680. The number of thiocarbonyl (C=S) groups is 1. The van der Waals surface area contributed by atoms with Gasteiger partial charge in [0.05, 0.1) is 22.0 Å². The molecule has 3 rings (SSSR count). The van der Waals surface area contributed by atoms with Gasteiger partial charge in [0.15, 0.2) is 11.5 Å². The quantitative estimate of drug-likeness (QED) is 0.291. The van der Waals surface area contributed by atoms with Crippen molar-refractivity contribution >= 4 is 68.8 Å². The number of carbonyl (C=O) groups is 2. The van der Waals surface area contributed by atoms with Gasteiger partial charge in [-0.05, 0) is 51.9 Å². The van der Waals surface area contributed by atoms with E-state index in [4.69, 9.17) is 26.8 Å². The van der Waals surface area contributed by atoms with Gasteiger partial charge in [-0.1, -0.05) is 54.3 Å². The molecule has 0 unspecified atom stereocenters. The molecule has 0 bridgehead atoms. The van der Waals surface area contributed by atoms with Crippen LogP contribution in [0.25, 0.3) is 6.08 Å². The Balaban J connectivity index is 1.80. The molecule has 0 aliphatic carbocycles. The molecule has 0 radical (unpaired) electrons. The zero-order chi connectivity index (χ0) is 21.7. The summed E-state index contributed by atoms with van der Waals surface area (Å²) in [4.78, 5) is 25.2. The van der Waals surface area contributed by atoms with Gasteiger partial charge < -0.3 is 14.6 Å². The fourth-order valence-electron chi connectivity index (χ4n) is 2.74. The minimum atomic E-state index is -0.974. The summed E-state index contributed by atoms with van der Waals surface area (Å²) in [7, 11) is 1.57.